The lowest BCUT2D eigenvalue weighted by Gasteiger charge is -2.10. The summed E-state index contributed by atoms with van der Waals surface area (Å²) < 4.78 is 0. The molecule has 5 nitrogen and oxygen atoms in total. The number of anilines is 2. The minimum atomic E-state index is -0.266. The Morgan fingerprint density at radius 2 is 2.00 bits per heavy atom. The van der Waals surface area contributed by atoms with E-state index in [4.69, 9.17) is 17.4 Å². The maximum atomic E-state index is 12.2. The summed E-state index contributed by atoms with van der Waals surface area (Å²) in [5.41, 5.74) is 5.65. The van der Waals surface area contributed by atoms with E-state index in [1.54, 1.807) is 0 Å². The first kappa shape index (κ1) is 14.3. The molecule has 1 amide bonds. The molecule has 0 aliphatic heterocycles. The van der Waals surface area contributed by atoms with E-state index in [0.717, 1.165) is 16.8 Å². The third-order valence-corrected chi connectivity index (χ3v) is 3.03. The molecule has 0 atom stereocenters. The molecule has 0 saturated heterocycles. The largest absolute Gasteiger partial charge is 0.322 e. The Kier molecular flexibility index (Phi) is 4.22. The fourth-order valence-electron chi connectivity index (χ4n) is 1.85. The second kappa shape index (κ2) is 5.90. The van der Waals surface area contributed by atoms with E-state index >= 15 is 0 Å². The fourth-order valence-corrected chi connectivity index (χ4v) is 2.06. The zero-order chi connectivity index (χ0) is 14.7. The molecular weight excluding hydrogens is 276 g/mol. The monoisotopic (exact) mass is 290 g/mol. The van der Waals surface area contributed by atoms with Gasteiger partial charge in [0.1, 0.15) is 11.0 Å². The number of carbonyl (C=O) groups is 1. The number of carbonyl (C=O) groups excluding carboxylic acids is 1. The van der Waals surface area contributed by atoms with Crippen LogP contribution in [0.15, 0.2) is 30.3 Å². The number of nitrogens with one attached hydrogen (secondary N) is 2. The highest BCUT2D eigenvalue weighted by Crippen LogP contribution is 2.19. The molecule has 4 N–H and O–H groups in total. The molecular formula is C14H15ClN4O. The number of aromatic nitrogens is 1. The molecule has 0 aliphatic rings. The molecule has 0 fully saturated rings. The maximum Gasteiger partial charge on any atom is 0.255 e. The van der Waals surface area contributed by atoms with Gasteiger partial charge in [-0.3, -0.25) is 4.79 Å². The third-order valence-electron chi connectivity index (χ3n) is 2.83. The molecule has 2 rings (SSSR count). The van der Waals surface area contributed by atoms with Gasteiger partial charge in [0.15, 0.2) is 0 Å². The molecule has 0 radical (unpaired) electrons. The Morgan fingerprint density at radius 3 is 2.65 bits per heavy atom. The average molecular weight is 291 g/mol. The van der Waals surface area contributed by atoms with E-state index in [2.05, 4.69) is 15.7 Å². The molecule has 0 spiro atoms. The van der Waals surface area contributed by atoms with Gasteiger partial charge in [-0.25, -0.2) is 10.8 Å². The fraction of sp³-hybridized carbons (Fsp3) is 0.143. The van der Waals surface area contributed by atoms with Crippen molar-refractivity contribution in [3.8, 4) is 0 Å². The van der Waals surface area contributed by atoms with Crippen LogP contribution in [0.3, 0.4) is 0 Å². The SMILES string of the molecule is Cc1ccc(NC(=O)c2cc(Cl)nc(NN)c2)c(C)c1. The minimum absolute atomic E-state index is 0.200. The average Bonchev–Trinajstić information content (AvgIpc) is 2.41. The minimum Gasteiger partial charge on any atom is -0.322 e. The van der Waals surface area contributed by atoms with E-state index < -0.39 is 0 Å². The second-order valence-corrected chi connectivity index (χ2v) is 4.87. The number of benzene rings is 1. The summed E-state index contributed by atoms with van der Waals surface area (Å²) >= 11 is 5.84. The quantitative estimate of drug-likeness (QED) is 0.461. The van der Waals surface area contributed by atoms with Crippen LogP contribution in [0.1, 0.15) is 21.5 Å². The van der Waals surface area contributed by atoms with Gasteiger partial charge in [0.05, 0.1) is 0 Å². The Hall–Kier alpha value is -2.11. The van der Waals surface area contributed by atoms with Crippen molar-refractivity contribution >= 4 is 29.0 Å². The van der Waals surface area contributed by atoms with Crippen molar-refractivity contribution in [1.29, 1.82) is 0 Å². The smallest absolute Gasteiger partial charge is 0.255 e. The summed E-state index contributed by atoms with van der Waals surface area (Å²) in [6.45, 7) is 3.94. The summed E-state index contributed by atoms with van der Waals surface area (Å²) in [6.07, 6.45) is 0. The number of halogens is 1. The molecule has 104 valence electrons. The van der Waals surface area contributed by atoms with Gasteiger partial charge in [0, 0.05) is 11.3 Å². The van der Waals surface area contributed by atoms with Crippen molar-refractivity contribution in [2.24, 2.45) is 5.84 Å². The van der Waals surface area contributed by atoms with Gasteiger partial charge >= 0.3 is 0 Å². The van der Waals surface area contributed by atoms with Crippen LogP contribution in [-0.4, -0.2) is 10.9 Å². The highest BCUT2D eigenvalue weighted by atomic mass is 35.5. The van der Waals surface area contributed by atoms with Crippen LogP contribution < -0.4 is 16.6 Å². The van der Waals surface area contributed by atoms with E-state index in [1.165, 1.54) is 12.1 Å². The predicted molar refractivity (Wildman–Crippen MR) is 80.9 cm³/mol. The van der Waals surface area contributed by atoms with Gasteiger partial charge in [0.2, 0.25) is 0 Å². The lowest BCUT2D eigenvalue weighted by atomic mass is 10.1. The Bertz CT molecular complexity index is 658. The number of hydrazine groups is 1. The normalized spacial score (nSPS) is 10.2. The predicted octanol–water partition coefficient (Wildman–Crippen LogP) is 2.89. The lowest BCUT2D eigenvalue weighted by molar-refractivity contribution is 0.102. The highest BCUT2D eigenvalue weighted by molar-refractivity contribution is 6.30. The van der Waals surface area contributed by atoms with Crippen LogP contribution in [0.4, 0.5) is 11.5 Å². The molecule has 1 aromatic heterocycles. The zero-order valence-electron chi connectivity index (χ0n) is 11.2. The van der Waals surface area contributed by atoms with Crippen LogP contribution in [0.5, 0.6) is 0 Å². The van der Waals surface area contributed by atoms with Gasteiger partial charge in [0.25, 0.3) is 5.91 Å². The molecule has 20 heavy (non-hydrogen) atoms. The van der Waals surface area contributed by atoms with E-state index in [9.17, 15) is 4.79 Å². The highest BCUT2D eigenvalue weighted by Gasteiger charge is 2.10. The first-order chi connectivity index (χ1) is 9.49. The van der Waals surface area contributed by atoms with Crippen LogP contribution in [0.2, 0.25) is 5.15 Å². The molecule has 0 bridgehead atoms. The number of hydrogen-bond donors (Lipinski definition) is 3. The number of amides is 1. The van der Waals surface area contributed by atoms with E-state index in [-0.39, 0.29) is 11.1 Å². The van der Waals surface area contributed by atoms with Crippen molar-refractivity contribution in [1.82, 2.24) is 4.98 Å². The van der Waals surface area contributed by atoms with Crippen LogP contribution in [-0.2, 0) is 0 Å². The summed E-state index contributed by atoms with van der Waals surface area (Å²) in [5, 5.41) is 3.04. The molecule has 2 aromatic rings. The number of nitrogens with two attached hydrogens (primary N) is 1. The molecule has 1 aromatic carbocycles. The number of hydrogen-bond acceptors (Lipinski definition) is 4. The molecule has 0 aliphatic carbocycles. The zero-order valence-corrected chi connectivity index (χ0v) is 12.0. The second-order valence-electron chi connectivity index (χ2n) is 4.48. The standard InChI is InChI=1S/C14H15ClN4O/c1-8-3-4-11(9(2)5-8)17-14(20)10-6-12(15)18-13(7-10)19-16/h3-7H,16H2,1-2H3,(H,17,20)(H,18,19). The number of nitrogens with zero attached hydrogens (tertiary/aromatic N) is 1. The van der Waals surface area contributed by atoms with Crippen LogP contribution in [0.25, 0.3) is 0 Å². The Morgan fingerprint density at radius 1 is 1.25 bits per heavy atom. The topological polar surface area (TPSA) is 80.0 Å². The van der Waals surface area contributed by atoms with E-state index in [0.29, 0.717) is 11.4 Å². The molecule has 0 unspecified atom stereocenters. The number of nitrogen functional groups attached to an aromatic ring is 1. The van der Waals surface area contributed by atoms with Crippen LogP contribution >= 0.6 is 11.6 Å². The Labute approximate surface area is 122 Å². The number of pyridine rings is 1. The maximum absolute atomic E-state index is 12.2. The summed E-state index contributed by atoms with van der Waals surface area (Å²) in [4.78, 5) is 16.1. The van der Waals surface area contributed by atoms with Crippen molar-refractivity contribution in [2.75, 3.05) is 10.7 Å². The molecule has 1 heterocycles. The van der Waals surface area contributed by atoms with Gasteiger partial charge in [-0.15, -0.1) is 0 Å². The third kappa shape index (κ3) is 3.26. The first-order valence-electron chi connectivity index (χ1n) is 6.02. The van der Waals surface area contributed by atoms with Gasteiger partial charge in [-0.1, -0.05) is 29.3 Å². The lowest BCUT2D eigenvalue weighted by Crippen LogP contribution is -2.15. The molecule has 0 saturated carbocycles. The van der Waals surface area contributed by atoms with Crippen molar-refractivity contribution in [3.05, 3.63) is 52.2 Å². The summed E-state index contributed by atoms with van der Waals surface area (Å²) in [5.74, 6) is 5.35. The summed E-state index contributed by atoms with van der Waals surface area (Å²) in [7, 11) is 0. The first-order valence-corrected chi connectivity index (χ1v) is 6.40. The van der Waals surface area contributed by atoms with Gasteiger partial charge in [-0.2, -0.15) is 0 Å². The van der Waals surface area contributed by atoms with Crippen molar-refractivity contribution in [3.63, 3.8) is 0 Å². The number of rotatable bonds is 3. The van der Waals surface area contributed by atoms with Crippen molar-refractivity contribution in [2.45, 2.75) is 13.8 Å². The van der Waals surface area contributed by atoms with E-state index in [1.807, 2.05) is 32.0 Å². The van der Waals surface area contributed by atoms with Crippen LogP contribution in [0, 0.1) is 13.8 Å². The Balaban J connectivity index is 2.26. The summed E-state index contributed by atoms with van der Waals surface area (Å²) in [6, 6.07) is 8.83. The molecule has 6 heteroatoms. The number of aryl methyl sites for hydroxylation is 2. The van der Waals surface area contributed by atoms with Gasteiger partial charge < -0.3 is 10.7 Å². The van der Waals surface area contributed by atoms with Gasteiger partial charge in [-0.05, 0) is 37.6 Å². The van der Waals surface area contributed by atoms with Crippen molar-refractivity contribution < 1.29 is 4.79 Å².